The molecular formula is C41H76O16P2. The molecule has 0 bridgehead atoms. The topological polar surface area (TPSA) is 253 Å². The standard InChI is InChI=1S/C41H76O16P2/c1-4-5-15-21-33(42)25-26-37-36(38(44)27-39(37)45)22-17-13-14-18-23-40(46)53-30-35(31-56-59(51,52)55-29-34(43)28-54-58(48,49)50)57-41(47)24-19-12-10-8-6-7-9-11-16-20-32(2)3/h25-26,32-37,39,42-43,45H,4-24,27-31H2,1-3H3,(H,51,52)(H2,48,49,50)/b26-25+/t33-,34-,35+,36+,37+,39+/m0/s1. The number of unbranched alkanes of at least 4 members (excludes halogenated alkanes) is 13. The van der Waals surface area contributed by atoms with Gasteiger partial charge in [-0.05, 0) is 31.6 Å². The molecule has 0 spiro atoms. The summed E-state index contributed by atoms with van der Waals surface area (Å²) in [5.74, 6) is -1.09. The molecule has 0 aromatic carbocycles. The van der Waals surface area contributed by atoms with Crippen LogP contribution in [-0.2, 0) is 46.6 Å². The Bertz CT molecular complexity index is 1270. The van der Waals surface area contributed by atoms with E-state index in [4.69, 9.17) is 23.8 Å². The third-order valence-corrected chi connectivity index (χ3v) is 11.7. The van der Waals surface area contributed by atoms with Crippen molar-refractivity contribution in [2.45, 2.75) is 186 Å². The van der Waals surface area contributed by atoms with Crippen LogP contribution in [0.5, 0.6) is 0 Å². The lowest BCUT2D eigenvalue weighted by Gasteiger charge is -2.20. The lowest BCUT2D eigenvalue weighted by atomic mass is 9.88. The van der Waals surface area contributed by atoms with Crippen molar-refractivity contribution in [1.29, 1.82) is 0 Å². The third-order valence-electron chi connectivity index (χ3n) is 10.2. The van der Waals surface area contributed by atoms with Crippen LogP contribution < -0.4 is 0 Å². The van der Waals surface area contributed by atoms with Gasteiger partial charge in [-0.1, -0.05) is 129 Å². The maximum Gasteiger partial charge on any atom is 0.472 e. The van der Waals surface area contributed by atoms with Gasteiger partial charge in [0.15, 0.2) is 6.10 Å². The molecule has 1 saturated carbocycles. The average molecular weight is 887 g/mol. The number of hydrogen-bond donors (Lipinski definition) is 6. The molecule has 0 radical (unpaired) electrons. The van der Waals surface area contributed by atoms with Crippen LogP contribution in [0.1, 0.15) is 162 Å². The number of Topliss-reactive ketones (excluding diaryl/α,β-unsaturated/α-hetero) is 1. The van der Waals surface area contributed by atoms with Crippen LogP contribution in [-0.4, -0.2) is 98.6 Å². The fraction of sp³-hybridized carbons (Fsp3) is 0.878. The molecular weight excluding hydrogens is 810 g/mol. The van der Waals surface area contributed by atoms with Gasteiger partial charge in [0.05, 0.1) is 32.0 Å². The monoisotopic (exact) mass is 886 g/mol. The lowest BCUT2D eigenvalue weighted by molar-refractivity contribution is -0.161. The molecule has 1 rings (SSSR count). The maximum atomic E-state index is 12.7. The third kappa shape index (κ3) is 30.2. The van der Waals surface area contributed by atoms with Crippen molar-refractivity contribution in [2.24, 2.45) is 17.8 Å². The van der Waals surface area contributed by atoms with Crippen molar-refractivity contribution < 1.29 is 76.6 Å². The molecule has 6 N–H and O–H groups in total. The number of carbonyl (C=O) groups is 3. The quantitative estimate of drug-likeness (QED) is 0.0154. The van der Waals surface area contributed by atoms with E-state index in [0.29, 0.717) is 38.5 Å². The van der Waals surface area contributed by atoms with Gasteiger partial charge in [0, 0.05) is 31.1 Å². The summed E-state index contributed by atoms with van der Waals surface area (Å²) in [6.07, 6.45) is 17.0. The molecule has 59 heavy (non-hydrogen) atoms. The minimum Gasteiger partial charge on any atom is -0.462 e. The van der Waals surface area contributed by atoms with Gasteiger partial charge >= 0.3 is 27.6 Å². The number of phosphoric ester groups is 2. The molecule has 1 aliphatic rings. The van der Waals surface area contributed by atoms with Crippen molar-refractivity contribution in [1.82, 2.24) is 0 Å². The van der Waals surface area contributed by atoms with Crippen molar-refractivity contribution >= 4 is 33.4 Å². The number of ether oxygens (including phenoxy) is 2. The van der Waals surface area contributed by atoms with E-state index in [9.17, 15) is 43.7 Å². The second-order valence-electron chi connectivity index (χ2n) is 16.2. The Morgan fingerprint density at radius 2 is 1.27 bits per heavy atom. The van der Waals surface area contributed by atoms with E-state index in [-0.39, 0.29) is 36.9 Å². The first-order valence-corrected chi connectivity index (χ1v) is 24.9. The Balaban J connectivity index is 2.54. The first-order valence-electron chi connectivity index (χ1n) is 21.8. The highest BCUT2D eigenvalue weighted by Gasteiger charge is 2.39. The van der Waals surface area contributed by atoms with Crippen LogP contribution in [0.25, 0.3) is 0 Å². The summed E-state index contributed by atoms with van der Waals surface area (Å²) in [6.45, 7) is 3.65. The summed E-state index contributed by atoms with van der Waals surface area (Å²) in [5.41, 5.74) is 0. The number of aliphatic hydroxyl groups excluding tert-OH is 3. The number of phosphoric acid groups is 2. The molecule has 16 nitrogen and oxygen atoms in total. The molecule has 0 saturated heterocycles. The zero-order chi connectivity index (χ0) is 44.1. The lowest BCUT2D eigenvalue weighted by Crippen LogP contribution is -2.30. The van der Waals surface area contributed by atoms with E-state index in [1.165, 1.54) is 32.1 Å². The molecule has 346 valence electrons. The fourth-order valence-electron chi connectivity index (χ4n) is 6.84. The molecule has 0 aromatic heterocycles. The van der Waals surface area contributed by atoms with Crippen LogP contribution >= 0.6 is 15.6 Å². The summed E-state index contributed by atoms with van der Waals surface area (Å²) in [7, 11) is -9.75. The Hall–Kier alpha value is -1.55. The van der Waals surface area contributed by atoms with Gasteiger partial charge in [0.25, 0.3) is 0 Å². The number of hydrogen-bond acceptors (Lipinski definition) is 13. The molecule has 0 aromatic rings. The fourth-order valence-corrected chi connectivity index (χ4v) is 8.00. The zero-order valence-corrected chi connectivity index (χ0v) is 37.5. The first kappa shape index (κ1) is 55.5. The van der Waals surface area contributed by atoms with Gasteiger partial charge in [0.1, 0.15) is 18.5 Å². The van der Waals surface area contributed by atoms with Crippen LogP contribution in [0, 0.1) is 17.8 Å². The van der Waals surface area contributed by atoms with Gasteiger partial charge in [-0.15, -0.1) is 0 Å². The highest BCUT2D eigenvalue weighted by molar-refractivity contribution is 7.47. The van der Waals surface area contributed by atoms with Crippen molar-refractivity contribution in [3.8, 4) is 0 Å². The highest BCUT2D eigenvalue weighted by Crippen LogP contribution is 2.44. The van der Waals surface area contributed by atoms with Gasteiger partial charge < -0.3 is 39.5 Å². The maximum absolute atomic E-state index is 12.7. The van der Waals surface area contributed by atoms with Crippen LogP contribution in [0.4, 0.5) is 0 Å². The van der Waals surface area contributed by atoms with Crippen LogP contribution in [0.15, 0.2) is 12.2 Å². The molecule has 7 atom stereocenters. The SMILES string of the molecule is CCCCC[C@H](O)/C=C/[C@H]1[C@H](O)CC(=O)[C@@H]1CCCCCCC(=O)OC[C@H](COP(=O)(O)OC[C@@H](O)COP(=O)(O)O)OC(=O)CCCCCCCCCCCC(C)C. The number of ketones is 1. The van der Waals surface area contributed by atoms with Gasteiger partial charge in [-0.25, -0.2) is 9.13 Å². The minimum atomic E-state index is -4.89. The predicted octanol–water partition coefficient (Wildman–Crippen LogP) is 7.40. The normalized spacial score (nSPS) is 19.9. The second kappa shape index (κ2) is 32.2. The Morgan fingerprint density at radius 1 is 0.729 bits per heavy atom. The molecule has 18 heteroatoms. The number of carbonyl (C=O) groups excluding carboxylic acids is 3. The van der Waals surface area contributed by atoms with E-state index >= 15 is 0 Å². The molecule has 1 aliphatic carbocycles. The van der Waals surface area contributed by atoms with Gasteiger partial charge in [0.2, 0.25) is 0 Å². The van der Waals surface area contributed by atoms with Crippen molar-refractivity contribution in [2.75, 3.05) is 26.4 Å². The van der Waals surface area contributed by atoms with Crippen molar-refractivity contribution in [3.63, 3.8) is 0 Å². The predicted molar refractivity (Wildman–Crippen MR) is 222 cm³/mol. The molecule has 0 aliphatic heterocycles. The largest absolute Gasteiger partial charge is 0.472 e. The first-order chi connectivity index (χ1) is 27.9. The molecule has 0 amide bonds. The number of aliphatic hydroxyl groups is 3. The summed E-state index contributed by atoms with van der Waals surface area (Å²) in [4.78, 5) is 65.4. The Morgan fingerprint density at radius 3 is 1.88 bits per heavy atom. The van der Waals surface area contributed by atoms with Gasteiger partial charge in [-0.3, -0.25) is 28.0 Å². The summed E-state index contributed by atoms with van der Waals surface area (Å²) < 4.78 is 47.7. The second-order valence-corrected chi connectivity index (χ2v) is 18.9. The van der Waals surface area contributed by atoms with Crippen LogP contribution in [0.2, 0.25) is 0 Å². The van der Waals surface area contributed by atoms with Crippen LogP contribution in [0.3, 0.4) is 0 Å². The molecule has 0 heterocycles. The Labute approximate surface area is 352 Å². The minimum absolute atomic E-state index is 0.0125. The zero-order valence-electron chi connectivity index (χ0n) is 35.7. The number of rotatable bonds is 37. The van der Waals surface area contributed by atoms with E-state index in [1.54, 1.807) is 12.2 Å². The number of esters is 2. The van der Waals surface area contributed by atoms with E-state index in [1.807, 2.05) is 0 Å². The van der Waals surface area contributed by atoms with E-state index in [0.717, 1.165) is 57.3 Å². The van der Waals surface area contributed by atoms with E-state index < -0.39 is 78.4 Å². The van der Waals surface area contributed by atoms with Gasteiger partial charge in [-0.2, -0.15) is 0 Å². The smallest absolute Gasteiger partial charge is 0.462 e. The summed E-state index contributed by atoms with van der Waals surface area (Å²) in [5, 5.41) is 30.5. The van der Waals surface area contributed by atoms with E-state index in [2.05, 4.69) is 29.8 Å². The Kier molecular flexibility index (Phi) is 30.2. The highest BCUT2D eigenvalue weighted by atomic mass is 31.2. The molecule has 1 unspecified atom stereocenters. The average Bonchev–Trinajstić information content (AvgIpc) is 3.43. The summed E-state index contributed by atoms with van der Waals surface area (Å²) in [6, 6.07) is 0. The molecule has 1 fully saturated rings. The van der Waals surface area contributed by atoms with Crippen molar-refractivity contribution in [3.05, 3.63) is 12.2 Å². The summed E-state index contributed by atoms with van der Waals surface area (Å²) >= 11 is 0.